The van der Waals surface area contributed by atoms with Crippen LogP contribution in [0.1, 0.15) is 26.7 Å². The molecule has 0 radical (unpaired) electrons. The smallest absolute Gasteiger partial charge is 0.313 e. The number of hydrogen-bond acceptors (Lipinski definition) is 7. The van der Waals surface area contributed by atoms with Crippen molar-refractivity contribution in [3.8, 4) is 0 Å². The summed E-state index contributed by atoms with van der Waals surface area (Å²) in [7, 11) is 0. The molecule has 7 atom stereocenters. The standard InChI is InChI=1S/C28H31BrClN3O7/c1-15(14-34)33-24-26(37)32(18-9-7-17(30)8-10-18)11-5-3-4-6-20(35)31-13-16(2)39-27(38)21-22(25(33)36)28(24)12-19(29)23(21)40-28/h3,5,7-10,12,15-16,21-24,34H,4,6,11,13-14H2,1-2H3,(H,31,35)/b5-3-/t15-,16-,21+,22-,23+,24+,28-/m1/s1. The summed E-state index contributed by atoms with van der Waals surface area (Å²) in [5.41, 5.74) is -0.913. The first-order valence-electron chi connectivity index (χ1n) is 13.3. The van der Waals surface area contributed by atoms with Crippen LogP contribution in [0.2, 0.25) is 5.02 Å². The number of aliphatic hydroxyl groups excluding tert-OH is 1. The van der Waals surface area contributed by atoms with Crippen LogP contribution in [0, 0.1) is 11.8 Å². The highest BCUT2D eigenvalue weighted by molar-refractivity contribution is 9.11. The molecule has 5 bridgehead atoms. The third-order valence-corrected chi connectivity index (χ3v) is 8.84. The molecule has 3 amide bonds. The number of nitrogens with one attached hydrogen (secondary N) is 1. The predicted molar refractivity (Wildman–Crippen MR) is 150 cm³/mol. The van der Waals surface area contributed by atoms with E-state index >= 15 is 0 Å². The fraction of sp³-hybridized carbons (Fsp3) is 0.500. The highest BCUT2D eigenvalue weighted by Crippen LogP contribution is 2.59. The number of likely N-dealkylation sites (tertiary alicyclic amines) is 1. The highest BCUT2D eigenvalue weighted by Gasteiger charge is 2.75. The normalized spacial score (nSPS) is 34.3. The van der Waals surface area contributed by atoms with Gasteiger partial charge in [-0.1, -0.05) is 39.7 Å². The van der Waals surface area contributed by atoms with E-state index in [1.165, 1.54) is 9.80 Å². The van der Waals surface area contributed by atoms with E-state index in [0.717, 1.165) is 0 Å². The maximum absolute atomic E-state index is 14.6. The maximum Gasteiger partial charge on any atom is 0.313 e. The van der Waals surface area contributed by atoms with E-state index in [0.29, 0.717) is 21.6 Å². The number of allylic oxidation sites excluding steroid dienone is 1. The van der Waals surface area contributed by atoms with Crippen LogP contribution in [-0.2, 0) is 28.7 Å². The van der Waals surface area contributed by atoms with Crippen molar-refractivity contribution in [2.24, 2.45) is 11.8 Å². The van der Waals surface area contributed by atoms with Crippen molar-refractivity contribution < 1.29 is 33.8 Å². The molecule has 2 N–H and O–H groups in total. The van der Waals surface area contributed by atoms with E-state index in [2.05, 4.69) is 21.2 Å². The average Bonchev–Trinajstić information content (AvgIpc) is 3.52. The number of aliphatic hydroxyl groups is 1. The Morgan fingerprint density at radius 3 is 2.60 bits per heavy atom. The Kier molecular flexibility index (Phi) is 8.11. The minimum atomic E-state index is -1.45. The summed E-state index contributed by atoms with van der Waals surface area (Å²) in [5, 5.41) is 13.4. The van der Waals surface area contributed by atoms with E-state index in [1.54, 1.807) is 50.3 Å². The molecule has 0 aliphatic carbocycles. The molecule has 10 nitrogen and oxygen atoms in total. The lowest BCUT2D eigenvalue weighted by Crippen LogP contribution is -2.58. The fourth-order valence-electron chi connectivity index (χ4n) is 6.04. The topological polar surface area (TPSA) is 125 Å². The van der Waals surface area contributed by atoms with Crippen LogP contribution in [0.5, 0.6) is 0 Å². The molecular formula is C28H31BrClN3O7. The van der Waals surface area contributed by atoms with Crippen molar-refractivity contribution in [3.63, 3.8) is 0 Å². The summed E-state index contributed by atoms with van der Waals surface area (Å²) in [5.74, 6) is -3.80. The van der Waals surface area contributed by atoms with Gasteiger partial charge in [0.25, 0.3) is 5.91 Å². The van der Waals surface area contributed by atoms with Crippen LogP contribution < -0.4 is 10.2 Å². The maximum atomic E-state index is 14.6. The van der Waals surface area contributed by atoms with Crippen LogP contribution in [0.3, 0.4) is 0 Å². The Labute approximate surface area is 245 Å². The van der Waals surface area contributed by atoms with Crippen LogP contribution in [0.4, 0.5) is 5.69 Å². The monoisotopic (exact) mass is 635 g/mol. The molecule has 40 heavy (non-hydrogen) atoms. The summed E-state index contributed by atoms with van der Waals surface area (Å²) in [4.78, 5) is 57.3. The molecule has 5 rings (SSSR count). The molecule has 0 saturated carbocycles. The second kappa shape index (κ2) is 11.3. The summed E-state index contributed by atoms with van der Waals surface area (Å²) in [6.07, 6.45) is 4.52. The van der Waals surface area contributed by atoms with E-state index in [4.69, 9.17) is 21.1 Å². The van der Waals surface area contributed by atoms with Crippen molar-refractivity contribution in [2.75, 3.05) is 24.6 Å². The second-order valence-electron chi connectivity index (χ2n) is 10.6. The third-order valence-electron chi connectivity index (χ3n) is 7.91. The zero-order valence-corrected chi connectivity index (χ0v) is 24.4. The van der Waals surface area contributed by atoms with Crippen LogP contribution in [0.25, 0.3) is 0 Å². The highest BCUT2D eigenvalue weighted by atomic mass is 79.9. The van der Waals surface area contributed by atoms with Gasteiger partial charge >= 0.3 is 5.97 Å². The molecule has 0 unspecified atom stereocenters. The Balaban J connectivity index is 1.63. The summed E-state index contributed by atoms with van der Waals surface area (Å²) in [6, 6.07) is 4.85. The average molecular weight is 637 g/mol. The number of fused-ring (bicyclic) bond motifs is 2. The van der Waals surface area contributed by atoms with Crippen LogP contribution in [-0.4, -0.2) is 83.3 Å². The first kappa shape index (κ1) is 28.8. The van der Waals surface area contributed by atoms with Gasteiger partial charge in [-0.2, -0.15) is 0 Å². The van der Waals surface area contributed by atoms with E-state index in [9.17, 15) is 24.3 Å². The number of halogens is 2. The first-order chi connectivity index (χ1) is 19.1. The second-order valence-corrected chi connectivity index (χ2v) is 11.9. The zero-order chi connectivity index (χ0) is 28.8. The molecule has 2 saturated heterocycles. The predicted octanol–water partition coefficient (Wildman–Crippen LogP) is 2.32. The molecule has 1 spiro atoms. The number of ether oxygens (including phenoxy) is 2. The molecule has 2 fully saturated rings. The molecule has 1 aromatic carbocycles. The number of benzene rings is 1. The van der Waals surface area contributed by atoms with Crippen molar-refractivity contribution in [3.05, 3.63) is 52.0 Å². The number of nitrogens with zero attached hydrogens (tertiary/aromatic N) is 2. The van der Waals surface area contributed by atoms with Gasteiger partial charge in [0.2, 0.25) is 11.8 Å². The van der Waals surface area contributed by atoms with E-state index in [-0.39, 0.29) is 32.0 Å². The molecule has 4 aliphatic heterocycles. The third kappa shape index (κ3) is 4.87. The zero-order valence-electron chi connectivity index (χ0n) is 22.1. The van der Waals surface area contributed by atoms with Gasteiger partial charge in [0.05, 0.1) is 25.1 Å². The summed E-state index contributed by atoms with van der Waals surface area (Å²) < 4.78 is 12.6. The van der Waals surface area contributed by atoms with Gasteiger partial charge < -0.3 is 29.7 Å². The Morgan fingerprint density at radius 1 is 1.18 bits per heavy atom. The van der Waals surface area contributed by atoms with Crippen molar-refractivity contribution in [2.45, 2.75) is 56.6 Å². The van der Waals surface area contributed by atoms with Crippen LogP contribution >= 0.6 is 27.5 Å². The lowest BCUT2D eigenvalue weighted by molar-refractivity contribution is -0.159. The van der Waals surface area contributed by atoms with Crippen molar-refractivity contribution >= 4 is 56.9 Å². The SMILES string of the molecule is C[C@@H]1CNC(=O)CC/C=C\CN(c2ccc(Cl)cc2)C(=O)[C@@H]2N([C@H](C)CO)C(=O)[C@H]3[C@H](C(=O)O1)[C@H]1O[C@@]23C=C1Br. The number of anilines is 1. The minimum absolute atomic E-state index is 0.117. The number of cyclic esters (lactones) is 1. The molecule has 4 aliphatic rings. The van der Waals surface area contributed by atoms with Gasteiger partial charge in [0, 0.05) is 28.2 Å². The minimum Gasteiger partial charge on any atom is -0.460 e. The van der Waals surface area contributed by atoms with Gasteiger partial charge in [0.15, 0.2) is 0 Å². The lowest BCUT2D eigenvalue weighted by atomic mass is 9.74. The Hall–Kier alpha value is -2.73. The van der Waals surface area contributed by atoms with Gasteiger partial charge in [-0.15, -0.1) is 0 Å². The first-order valence-corrected chi connectivity index (χ1v) is 14.4. The van der Waals surface area contributed by atoms with Gasteiger partial charge in [0.1, 0.15) is 29.8 Å². The van der Waals surface area contributed by atoms with Crippen molar-refractivity contribution in [1.29, 1.82) is 0 Å². The molecular weight excluding hydrogens is 606 g/mol. The molecule has 1 aromatic rings. The quantitative estimate of drug-likeness (QED) is 0.386. The summed E-state index contributed by atoms with van der Waals surface area (Å²) in [6.45, 7) is 3.18. The number of esters is 1. The number of rotatable bonds is 3. The van der Waals surface area contributed by atoms with Gasteiger partial charge in [-0.3, -0.25) is 19.2 Å². The summed E-state index contributed by atoms with van der Waals surface area (Å²) >= 11 is 9.62. The molecule has 4 heterocycles. The fourth-order valence-corrected chi connectivity index (χ4v) is 6.90. The molecule has 0 aromatic heterocycles. The number of amides is 3. The number of carbonyl (C=O) groups excluding carboxylic acids is 4. The van der Waals surface area contributed by atoms with E-state index < -0.39 is 59.5 Å². The van der Waals surface area contributed by atoms with Crippen LogP contribution in [0.15, 0.2) is 47.0 Å². The Bertz CT molecular complexity index is 1270. The number of carbonyl (C=O) groups is 4. The molecule has 214 valence electrons. The Morgan fingerprint density at radius 2 is 1.90 bits per heavy atom. The lowest BCUT2D eigenvalue weighted by Gasteiger charge is -2.37. The largest absolute Gasteiger partial charge is 0.460 e. The number of hydrogen-bond donors (Lipinski definition) is 2. The van der Waals surface area contributed by atoms with Crippen molar-refractivity contribution in [1.82, 2.24) is 10.2 Å². The van der Waals surface area contributed by atoms with Gasteiger partial charge in [-0.25, -0.2) is 0 Å². The van der Waals surface area contributed by atoms with E-state index in [1.807, 2.05) is 6.08 Å². The molecule has 12 heteroatoms. The van der Waals surface area contributed by atoms with Gasteiger partial charge in [-0.05, 0) is 50.6 Å².